The number of nitrogens with one attached hydrogen (secondary N) is 1. The van der Waals surface area contributed by atoms with E-state index in [0.29, 0.717) is 30.5 Å². The minimum atomic E-state index is -0.782. The number of likely N-dealkylation sites (N-methyl/N-ethyl adjacent to an activating group) is 1. The summed E-state index contributed by atoms with van der Waals surface area (Å²) in [6.45, 7) is 4.15. The van der Waals surface area contributed by atoms with Crippen LogP contribution in [0.4, 0.5) is 26.2 Å². The number of aromatic nitrogens is 3. The molecule has 0 bridgehead atoms. The topological polar surface area (TPSA) is 95.9 Å². The van der Waals surface area contributed by atoms with E-state index >= 15 is 0 Å². The molecule has 2 N–H and O–H groups in total. The van der Waals surface area contributed by atoms with Gasteiger partial charge < -0.3 is 29.7 Å². The first-order valence-corrected chi connectivity index (χ1v) is 12.7. The zero-order valence-electron chi connectivity index (χ0n) is 22.0. The molecule has 0 aliphatic carbocycles. The van der Waals surface area contributed by atoms with Crippen LogP contribution in [-0.2, 0) is 13.0 Å². The van der Waals surface area contributed by atoms with Crippen LogP contribution in [0.2, 0.25) is 0 Å². The minimum Gasteiger partial charge on any atom is -0.494 e. The van der Waals surface area contributed by atoms with Crippen molar-refractivity contribution in [2.75, 3.05) is 50.6 Å². The highest BCUT2D eigenvalue weighted by molar-refractivity contribution is 5.55. The first-order chi connectivity index (χ1) is 18.4. The second-order valence-electron chi connectivity index (χ2n) is 9.18. The third kappa shape index (κ3) is 6.46. The Bertz CT molecular complexity index is 1160. The first-order valence-electron chi connectivity index (χ1n) is 12.7. The van der Waals surface area contributed by atoms with Crippen LogP contribution in [0.5, 0.6) is 11.5 Å². The number of anilines is 3. The summed E-state index contributed by atoms with van der Waals surface area (Å²) in [6.07, 6.45) is 7.05. The molecular formula is C27H34F2N6O3. The number of ether oxygens (including phenoxy) is 2. The summed E-state index contributed by atoms with van der Waals surface area (Å²) >= 11 is 0. The zero-order chi connectivity index (χ0) is 27.1. The third-order valence-corrected chi connectivity index (χ3v) is 6.81. The molecular weight excluding hydrogens is 494 g/mol. The normalized spacial score (nSPS) is 14.1. The molecule has 4 rings (SSSR count). The van der Waals surface area contributed by atoms with Gasteiger partial charge in [0.05, 0.1) is 43.6 Å². The highest BCUT2D eigenvalue weighted by Crippen LogP contribution is 2.28. The summed E-state index contributed by atoms with van der Waals surface area (Å²) in [7, 11) is 3.39. The number of methoxy groups -OCH3 is 1. The number of halogens is 2. The summed E-state index contributed by atoms with van der Waals surface area (Å²) in [5, 5.41) is 12.2. The van der Waals surface area contributed by atoms with Gasteiger partial charge in [0.25, 0.3) is 0 Å². The fourth-order valence-corrected chi connectivity index (χ4v) is 4.52. The zero-order valence-corrected chi connectivity index (χ0v) is 22.0. The van der Waals surface area contributed by atoms with E-state index in [1.807, 2.05) is 12.1 Å². The molecule has 1 aliphatic rings. The van der Waals surface area contributed by atoms with Crippen molar-refractivity contribution in [2.24, 2.45) is 0 Å². The van der Waals surface area contributed by atoms with E-state index in [-0.39, 0.29) is 30.3 Å². The lowest BCUT2D eigenvalue weighted by atomic mass is 10.0. The van der Waals surface area contributed by atoms with E-state index in [1.165, 1.54) is 25.6 Å². The van der Waals surface area contributed by atoms with Crippen molar-refractivity contribution in [2.45, 2.75) is 38.8 Å². The highest BCUT2D eigenvalue weighted by atomic mass is 19.1. The Kier molecular flexibility index (Phi) is 9.24. The lowest BCUT2D eigenvalue weighted by molar-refractivity contribution is 0.161. The SMILES string of the molecule is CCc1cc(OC)c(F)c(COc2cnc(Nc3ccc(N4CCC(N(C)CCO)CC4)nc3)nc2)c1F. The van der Waals surface area contributed by atoms with E-state index in [2.05, 4.69) is 37.1 Å². The van der Waals surface area contributed by atoms with Crippen molar-refractivity contribution in [3.63, 3.8) is 0 Å². The number of piperidine rings is 1. The predicted octanol–water partition coefficient (Wildman–Crippen LogP) is 3.94. The molecule has 1 saturated heterocycles. The van der Waals surface area contributed by atoms with Gasteiger partial charge in [0, 0.05) is 25.7 Å². The Hall–Kier alpha value is -3.57. The van der Waals surface area contributed by atoms with Gasteiger partial charge in [-0.2, -0.15) is 0 Å². The van der Waals surface area contributed by atoms with Crippen LogP contribution in [0.25, 0.3) is 0 Å². The average Bonchev–Trinajstić information content (AvgIpc) is 2.95. The van der Waals surface area contributed by atoms with Gasteiger partial charge in [-0.25, -0.2) is 23.7 Å². The molecule has 3 aromatic rings. The molecule has 0 saturated carbocycles. The minimum absolute atomic E-state index is 0.0209. The van der Waals surface area contributed by atoms with E-state index < -0.39 is 11.6 Å². The molecule has 0 unspecified atom stereocenters. The standard InChI is InChI=1S/C27H34F2N6O3/c1-4-18-13-23(37-3)26(29)22(25(18)28)17-38-21-15-31-27(32-16-21)33-19-5-6-24(30-14-19)35-9-7-20(8-10-35)34(2)11-12-36/h5-6,13-16,20,36H,4,7-12,17H2,1-3H3,(H,31,32,33). The van der Waals surface area contributed by atoms with Gasteiger partial charge in [0.15, 0.2) is 17.3 Å². The molecule has 11 heteroatoms. The number of aliphatic hydroxyl groups is 1. The van der Waals surface area contributed by atoms with E-state index in [1.54, 1.807) is 13.1 Å². The Morgan fingerprint density at radius 3 is 2.45 bits per heavy atom. The maximum absolute atomic E-state index is 14.6. The molecule has 3 heterocycles. The van der Waals surface area contributed by atoms with Crippen molar-refractivity contribution >= 4 is 17.5 Å². The van der Waals surface area contributed by atoms with Gasteiger partial charge in [-0.05, 0) is 50.1 Å². The second kappa shape index (κ2) is 12.8. The largest absolute Gasteiger partial charge is 0.494 e. The first kappa shape index (κ1) is 27.5. The number of hydrogen-bond donors (Lipinski definition) is 2. The van der Waals surface area contributed by atoms with E-state index in [0.717, 1.165) is 37.4 Å². The Morgan fingerprint density at radius 2 is 1.84 bits per heavy atom. The van der Waals surface area contributed by atoms with Crippen molar-refractivity contribution in [3.8, 4) is 11.5 Å². The number of nitrogens with zero attached hydrogens (tertiary/aromatic N) is 5. The summed E-state index contributed by atoms with van der Waals surface area (Å²) in [6, 6.07) is 5.71. The van der Waals surface area contributed by atoms with Gasteiger partial charge in [-0.15, -0.1) is 0 Å². The van der Waals surface area contributed by atoms with Gasteiger partial charge >= 0.3 is 0 Å². The molecule has 0 amide bonds. The van der Waals surface area contributed by atoms with Gasteiger partial charge in [0.1, 0.15) is 18.2 Å². The third-order valence-electron chi connectivity index (χ3n) is 6.81. The lowest BCUT2D eigenvalue weighted by Crippen LogP contribution is -2.44. The van der Waals surface area contributed by atoms with Crippen LogP contribution < -0.4 is 19.7 Å². The quantitative estimate of drug-likeness (QED) is 0.384. The molecule has 9 nitrogen and oxygen atoms in total. The van der Waals surface area contributed by atoms with Crippen LogP contribution in [0.1, 0.15) is 30.9 Å². The van der Waals surface area contributed by atoms with Crippen LogP contribution >= 0.6 is 0 Å². The summed E-state index contributed by atoms with van der Waals surface area (Å²) in [5.41, 5.74) is 0.885. The Balaban J connectivity index is 1.32. The maximum Gasteiger partial charge on any atom is 0.227 e. The Morgan fingerprint density at radius 1 is 1.11 bits per heavy atom. The van der Waals surface area contributed by atoms with Crippen molar-refractivity contribution in [1.82, 2.24) is 19.9 Å². The predicted molar refractivity (Wildman–Crippen MR) is 141 cm³/mol. The number of benzene rings is 1. The lowest BCUT2D eigenvalue weighted by Gasteiger charge is -2.37. The average molecular weight is 529 g/mol. The van der Waals surface area contributed by atoms with Crippen LogP contribution in [0.3, 0.4) is 0 Å². The van der Waals surface area contributed by atoms with Crippen LogP contribution in [0, 0.1) is 11.6 Å². The molecule has 0 spiro atoms. The molecule has 1 aliphatic heterocycles. The number of rotatable bonds is 11. The number of hydrogen-bond acceptors (Lipinski definition) is 9. The number of pyridine rings is 1. The van der Waals surface area contributed by atoms with E-state index in [9.17, 15) is 8.78 Å². The monoisotopic (exact) mass is 528 g/mol. The summed E-state index contributed by atoms with van der Waals surface area (Å²) < 4.78 is 39.8. The molecule has 38 heavy (non-hydrogen) atoms. The van der Waals surface area contributed by atoms with Crippen molar-refractivity contribution in [1.29, 1.82) is 0 Å². The van der Waals surface area contributed by atoms with Gasteiger partial charge in [-0.1, -0.05) is 6.92 Å². The summed E-state index contributed by atoms with van der Waals surface area (Å²) in [5.74, 6) is 0.0811. The molecule has 2 aromatic heterocycles. The van der Waals surface area contributed by atoms with E-state index in [4.69, 9.17) is 14.6 Å². The maximum atomic E-state index is 14.6. The van der Waals surface area contributed by atoms with Gasteiger partial charge in [0.2, 0.25) is 5.95 Å². The second-order valence-corrected chi connectivity index (χ2v) is 9.18. The fourth-order valence-electron chi connectivity index (χ4n) is 4.52. The van der Waals surface area contributed by atoms with Crippen LogP contribution in [0.15, 0.2) is 36.8 Å². The molecule has 204 valence electrons. The summed E-state index contributed by atoms with van der Waals surface area (Å²) in [4.78, 5) is 17.5. The van der Waals surface area contributed by atoms with Crippen molar-refractivity contribution in [3.05, 3.63) is 59.6 Å². The molecule has 0 atom stereocenters. The highest BCUT2D eigenvalue weighted by Gasteiger charge is 2.23. The smallest absolute Gasteiger partial charge is 0.227 e. The molecule has 0 radical (unpaired) electrons. The molecule has 1 fully saturated rings. The van der Waals surface area contributed by atoms with Gasteiger partial charge in [-0.3, -0.25) is 0 Å². The number of aryl methyl sites for hydroxylation is 1. The van der Waals surface area contributed by atoms with Crippen molar-refractivity contribution < 1.29 is 23.4 Å². The number of aliphatic hydroxyl groups excluding tert-OH is 1. The Labute approximate surface area is 221 Å². The van der Waals surface area contributed by atoms with Crippen LogP contribution in [-0.4, -0.2) is 71.4 Å². The fraction of sp³-hybridized carbons (Fsp3) is 0.444. The molecule has 1 aromatic carbocycles.